The van der Waals surface area contributed by atoms with E-state index < -0.39 is 8.24 Å². The summed E-state index contributed by atoms with van der Waals surface area (Å²) in [7, 11) is 5.66. The monoisotopic (exact) mass is 523 g/mol. The van der Waals surface area contributed by atoms with Crippen LogP contribution in [-0.4, -0.2) is 53.7 Å². The Morgan fingerprint density at radius 2 is 1.70 bits per heavy atom. The minimum Gasteiger partial charge on any atom is -0.377 e. The number of aromatic nitrogens is 3. The maximum absolute atomic E-state index is 9.19. The van der Waals surface area contributed by atoms with Gasteiger partial charge in [0, 0.05) is 43.4 Å². The van der Waals surface area contributed by atoms with Gasteiger partial charge in [-0.05, 0) is 30.2 Å². The highest BCUT2D eigenvalue weighted by molar-refractivity contribution is 6.78. The number of benzene rings is 2. The van der Waals surface area contributed by atoms with Gasteiger partial charge in [0.25, 0.3) is 0 Å². The molecule has 3 N–H and O–H groups in total. The van der Waals surface area contributed by atoms with Crippen LogP contribution in [0.2, 0.25) is 19.1 Å². The van der Waals surface area contributed by atoms with Gasteiger partial charge in [-0.1, -0.05) is 55.6 Å². The Kier molecular flexibility index (Phi) is 9.44. The SMILES string of the molecule is CN(C)c1cc(-c2nc(CCC(N)C[Si](C)(C)N[Si])nc(-c3ccccc3)n2)ccc1C=C(C#N)C#N. The molecular formula is C27H31N8Si2. The average molecular weight is 524 g/mol. The number of hydrogen-bond donors (Lipinski definition) is 2. The topological polar surface area (TPSA) is 128 Å². The zero-order valence-corrected chi connectivity index (χ0v) is 23.7. The Bertz CT molecular complexity index is 1320. The Morgan fingerprint density at radius 1 is 1.05 bits per heavy atom. The van der Waals surface area contributed by atoms with E-state index in [9.17, 15) is 10.5 Å². The predicted molar refractivity (Wildman–Crippen MR) is 152 cm³/mol. The van der Waals surface area contributed by atoms with Crippen molar-refractivity contribution in [3.8, 4) is 34.9 Å². The second-order valence-corrected chi connectivity index (χ2v) is 14.9. The molecule has 1 unspecified atom stereocenters. The molecule has 8 nitrogen and oxygen atoms in total. The molecule has 0 aliphatic heterocycles. The van der Waals surface area contributed by atoms with Crippen LogP contribution in [0, 0.1) is 22.7 Å². The van der Waals surface area contributed by atoms with Gasteiger partial charge in [-0.25, -0.2) is 15.0 Å². The molecular weight excluding hydrogens is 493 g/mol. The van der Waals surface area contributed by atoms with E-state index in [-0.39, 0.29) is 11.6 Å². The van der Waals surface area contributed by atoms with E-state index in [2.05, 4.69) is 28.1 Å². The van der Waals surface area contributed by atoms with Crippen LogP contribution < -0.4 is 15.3 Å². The van der Waals surface area contributed by atoms with E-state index in [0.717, 1.165) is 34.8 Å². The minimum absolute atomic E-state index is 0.0341. The first-order chi connectivity index (χ1) is 17.7. The Morgan fingerprint density at radius 3 is 2.30 bits per heavy atom. The molecule has 3 rings (SSSR count). The Hall–Kier alpha value is -3.68. The number of allylic oxidation sites excluding steroid dienone is 1. The number of rotatable bonds is 10. The van der Waals surface area contributed by atoms with Gasteiger partial charge in [0.05, 0.1) is 0 Å². The first kappa shape index (κ1) is 27.9. The number of nitrogens with one attached hydrogen (secondary N) is 1. The van der Waals surface area contributed by atoms with Crippen LogP contribution in [0.3, 0.4) is 0 Å². The standard InChI is InChI=1S/C27H31N8Si2/c1-35(2)24-15-22(11-10-21(24)14-19(16-28)17-29)27-32-25(13-12-23(30)18-37(3,4)34-36)31-26(33-27)20-8-6-5-7-9-20/h5-11,14-15,23,34H,12-13,18,30H2,1-4H3. The first-order valence-electron chi connectivity index (χ1n) is 12.0. The predicted octanol–water partition coefficient (Wildman–Crippen LogP) is 3.84. The molecule has 0 saturated carbocycles. The van der Waals surface area contributed by atoms with Crippen molar-refractivity contribution in [2.45, 2.75) is 38.0 Å². The fourth-order valence-corrected chi connectivity index (χ4v) is 5.86. The van der Waals surface area contributed by atoms with Crippen LogP contribution in [0.25, 0.3) is 28.9 Å². The first-order valence-corrected chi connectivity index (χ1v) is 15.7. The van der Waals surface area contributed by atoms with Crippen molar-refractivity contribution in [1.29, 1.82) is 10.5 Å². The number of aryl methyl sites for hydroxylation is 1. The highest BCUT2D eigenvalue weighted by Crippen LogP contribution is 2.28. The summed E-state index contributed by atoms with van der Waals surface area (Å²) < 4.78 is 3.25. The summed E-state index contributed by atoms with van der Waals surface area (Å²) in [5, 5.41) is 18.4. The molecule has 0 bridgehead atoms. The van der Waals surface area contributed by atoms with E-state index >= 15 is 0 Å². The molecule has 1 aromatic heterocycles. The summed E-state index contributed by atoms with van der Waals surface area (Å²) in [6.45, 7) is 4.46. The van der Waals surface area contributed by atoms with Gasteiger partial charge >= 0.3 is 0 Å². The summed E-state index contributed by atoms with van der Waals surface area (Å²) >= 11 is 0. The lowest BCUT2D eigenvalue weighted by atomic mass is 10.0. The van der Waals surface area contributed by atoms with Gasteiger partial charge < -0.3 is 15.3 Å². The molecule has 0 spiro atoms. The molecule has 0 aliphatic rings. The largest absolute Gasteiger partial charge is 0.377 e. The second kappa shape index (κ2) is 12.5. The van der Waals surface area contributed by atoms with Gasteiger partial charge in [0.1, 0.15) is 42.2 Å². The van der Waals surface area contributed by atoms with E-state index in [1.54, 1.807) is 6.08 Å². The lowest BCUT2D eigenvalue weighted by Gasteiger charge is -2.25. The number of nitrogens with zero attached hydrogens (tertiary/aromatic N) is 6. The molecule has 0 saturated heterocycles. The molecule has 0 fully saturated rings. The molecule has 1 atom stereocenters. The fourth-order valence-electron chi connectivity index (χ4n) is 3.94. The molecule has 187 valence electrons. The highest BCUT2D eigenvalue weighted by Gasteiger charge is 2.22. The number of anilines is 1. The molecule has 10 heteroatoms. The van der Waals surface area contributed by atoms with Crippen molar-refractivity contribution in [2.24, 2.45) is 5.73 Å². The summed E-state index contributed by atoms with van der Waals surface area (Å²) in [5.41, 5.74) is 9.84. The lowest BCUT2D eigenvalue weighted by molar-refractivity contribution is 0.637. The van der Waals surface area contributed by atoms with Gasteiger partial charge in [-0.2, -0.15) is 10.5 Å². The summed E-state index contributed by atoms with van der Waals surface area (Å²) in [5.74, 6) is 1.86. The fraction of sp³-hybridized carbons (Fsp3) is 0.296. The zero-order chi connectivity index (χ0) is 27.0. The van der Waals surface area contributed by atoms with Crippen molar-refractivity contribution < 1.29 is 0 Å². The van der Waals surface area contributed by atoms with Crippen LogP contribution in [0.1, 0.15) is 17.8 Å². The quantitative estimate of drug-likeness (QED) is 0.303. The van der Waals surface area contributed by atoms with Crippen molar-refractivity contribution in [2.75, 3.05) is 19.0 Å². The van der Waals surface area contributed by atoms with Crippen LogP contribution in [0.4, 0.5) is 5.69 Å². The molecule has 0 amide bonds. The summed E-state index contributed by atoms with van der Waals surface area (Å²) in [4.78, 5) is 16.3. The average Bonchev–Trinajstić information content (AvgIpc) is 2.90. The van der Waals surface area contributed by atoms with Crippen LogP contribution in [0.15, 0.2) is 54.1 Å². The van der Waals surface area contributed by atoms with Crippen molar-refractivity contribution in [1.82, 2.24) is 19.6 Å². The molecule has 1 heterocycles. The smallest absolute Gasteiger partial charge is 0.163 e. The maximum atomic E-state index is 9.19. The van der Waals surface area contributed by atoms with E-state index in [1.165, 1.54) is 0 Å². The number of nitriles is 2. The van der Waals surface area contributed by atoms with E-state index in [0.29, 0.717) is 23.9 Å². The third-order valence-electron chi connectivity index (χ3n) is 5.87. The Balaban J connectivity index is 2.03. The number of nitrogens with two attached hydrogens (primary N) is 1. The van der Waals surface area contributed by atoms with Gasteiger partial charge in [0.2, 0.25) is 0 Å². The van der Waals surface area contributed by atoms with E-state index in [1.807, 2.05) is 79.7 Å². The summed E-state index contributed by atoms with van der Waals surface area (Å²) in [6.07, 6.45) is 2.98. The van der Waals surface area contributed by atoms with Crippen LogP contribution in [-0.2, 0) is 6.42 Å². The zero-order valence-electron chi connectivity index (χ0n) is 21.7. The van der Waals surface area contributed by atoms with Crippen molar-refractivity contribution in [3.63, 3.8) is 0 Å². The van der Waals surface area contributed by atoms with E-state index in [4.69, 9.17) is 20.7 Å². The molecule has 2 aromatic carbocycles. The number of hydrogen-bond acceptors (Lipinski definition) is 8. The van der Waals surface area contributed by atoms with Crippen molar-refractivity contribution in [3.05, 3.63) is 65.5 Å². The second-order valence-electron chi connectivity index (χ2n) is 9.73. The lowest BCUT2D eigenvalue weighted by Crippen LogP contribution is -2.47. The van der Waals surface area contributed by atoms with Gasteiger partial charge in [-0.3, -0.25) is 0 Å². The highest BCUT2D eigenvalue weighted by atomic mass is 28.4. The minimum atomic E-state index is -1.61. The van der Waals surface area contributed by atoms with Crippen LogP contribution >= 0.6 is 0 Å². The summed E-state index contributed by atoms with van der Waals surface area (Å²) in [6, 6.07) is 20.4. The third-order valence-corrected chi connectivity index (χ3v) is 10.1. The van der Waals surface area contributed by atoms with Gasteiger partial charge in [-0.15, -0.1) is 0 Å². The molecule has 37 heavy (non-hydrogen) atoms. The third kappa shape index (κ3) is 7.65. The molecule has 3 radical (unpaired) electrons. The molecule has 0 aliphatic carbocycles. The normalized spacial score (nSPS) is 11.8. The van der Waals surface area contributed by atoms with Crippen LogP contribution in [0.5, 0.6) is 0 Å². The molecule has 3 aromatic rings. The van der Waals surface area contributed by atoms with Gasteiger partial charge in [0.15, 0.2) is 11.6 Å². The maximum Gasteiger partial charge on any atom is 0.163 e. The van der Waals surface area contributed by atoms with Crippen molar-refractivity contribution >= 4 is 30.4 Å². The Labute approximate surface area is 223 Å².